The van der Waals surface area contributed by atoms with Crippen molar-refractivity contribution in [2.24, 2.45) is 0 Å². The van der Waals surface area contributed by atoms with E-state index < -0.39 is 5.97 Å². The fraction of sp³-hybridized carbons (Fsp3) is 0.143. The van der Waals surface area contributed by atoms with E-state index in [4.69, 9.17) is 16.7 Å². The molecule has 0 aliphatic rings. The van der Waals surface area contributed by atoms with Crippen molar-refractivity contribution >= 4 is 23.4 Å². The first-order chi connectivity index (χ1) is 5.68. The third-order valence-corrected chi connectivity index (χ3v) is 1.35. The van der Waals surface area contributed by atoms with Gasteiger partial charge in [0, 0.05) is 0 Å². The molecule has 0 bridgehead atoms. The molecule has 0 aromatic carbocycles. The van der Waals surface area contributed by atoms with E-state index >= 15 is 0 Å². The van der Waals surface area contributed by atoms with Gasteiger partial charge in [0.1, 0.15) is 17.5 Å². The van der Waals surface area contributed by atoms with Crippen LogP contribution in [0.15, 0.2) is 18.2 Å². The second-order valence-electron chi connectivity index (χ2n) is 2.09. The van der Waals surface area contributed by atoms with Crippen LogP contribution >= 0.6 is 11.6 Å². The maximum Gasteiger partial charge on any atom is 0.322 e. The number of nitrogens with zero attached hydrogens (tertiary/aromatic N) is 1. The molecule has 0 aliphatic heterocycles. The molecular formula is C7H7ClN2O2. The van der Waals surface area contributed by atoms with E-state index in [-0.39, 0.29) is 6.54 Å². The summed E-state index contributed by atoms with van der Waals surface area (Å²) in [4.78, 5) is 14.0. The van der Waals surface area contributed by atoms with Gasteiger partial charge in [-0.15, -0.1) is 0 Å². The molecule has 0 amide bonds. The van der Waals surface area contributed by atoms with Crippen molar-refractivity contribution in [2.75, 3.05) is 11.9 Å². The average molecular weight is 187 g/mol. The lowest BCUT2D eigenvalue weighted by atomic mass is 10.4. The minimum atomic E-state index is -0.934. The number of nitrogens with one attached hydrogen (secondary N) is 1. The van der Waals surface area contributed by atoms with E-state index in [1.165, 1.54) is 0 Å². The molecule has 1 heterocycles. The Kier molecular flexibility index (Phi) is 2.88. The summed E-state index contributed by atoms with van der Waals surface area (Å²) in [6.45, 7) is -0.159. The molecule has 1 aromatic heterocycles. The fourth-order valence-corrected chi connectivity index (χ4v) is 0.837. The number of carboxylic acid groups (broad SMARTS) is 1. The van der Waals surface area contributed by atoms with Gasteiger partial charge in [-0.1, -0.05) is 17.7 Å². The van der Waals surface area contributed by atoms with Crippen LogP contribution in [0.5, 0.6) is 0 Å². The zero-order chi connectivity index (χ0) is 8.97. The lowest BCUT2D eigenvalue weighted by Gasteiger charge is -2.00. The van der Waals surface area contributed by atoms with E-state index in [0.29, 0.717) is 11.0 Å². The van der Waals surface area contributed by atoms with Crippen molar-refractivity contribution in [3.05, 3.63) is 23.4 Å². The monoisotopic (exact) mass is 186 g/mol. The number of aromatic nitrogens is 1. The first-order valence-corrected chi connectivity index (χ1v) is 3.64. The maximum atomic E-state index is 10.1. The summed E-state index contributed by atoms with van der Waals surface area (Å²) in [5.41, 5.74) is 0. The molecule has 0 saturated heterocycles. The van der Waals surface area contributed by atoms with Crippen LogP contribution in [0.4, 0.5) is 5.82 Å². The number of halogens is 1. The molecule has 12 heavy (non-hydrogen) atoms. The zero-order valence-electron chi connectivity index (χ0n) is 6.12. The summed E-state index contributed by atoms with van der Waals surface area (Å²) in [5.74, 6) is -0.471. The van der Waals surface area contributed by atoms with Crippen LogP contribution in [0, 0.1) is 0 Å². The third-order valence-electron chi connectivity index (χ3n) is 1.14. The predicted molar refractivity (Wildman–Crippen MR) is 45.4 cm³/mol. The first-order valence-electron chi connectivity index (χ1n) is 3.27. The lowest BCUT2D eigenvalue weighted by molar-refractivity contribution is -0.134. The third kappa shape index (κ3) is 2.75. The van der Waals surface area contributed by atoms with E-state index in [1.807, 2.05) is 0 Å². The number of rotatable bonds is 3. The van der Waals surface area contributed by atoms with Gasteiger partial charge in [-0.05, 0) is 12.1 Å². The van der Waals surface area contributed by atoms with Crippen LogP contribution in [0.1, 0.15) is 0 Å². The predicted octanol–water partition coefficient (Wildman–Crippen LogP) is 1.23. The van der Waals surface area contributed by atoms with E-state index in [1.54, 1.807) is 18.2 Å². The minimum Gasteiger partial charge on any atom is -0.480 e. The number of aliphatic carboxylic acids is 1. The smallest absolute Gasteiger partial charge is 0.322 e. The first kappa shape index (κ1) is 8.80. The summed E-state index contributed by atoms with van der Waals surface area (Å²) in [6.07, 6.45) is 0. The molecule has 0 spiro atoms. The van der Waals surface area contributed by atoms with Gasteiger partial charge in [-0.25, -0.2) is 4.98 Å². The van der Waals surface area contributed by atoms with Gasteiger partial charge in [0.25, 0.3) is 0 Å². The SMILES string of the molecule is O=C(O)CNc1cccc(Cl)n1. The van der Waals surface area contributed by atoms with Crippen LogP contribution in [0.3, 0.4) is 0 Å². The van der Waals surface area contributed by atoms with Crippen LogP contribution in [-0.2, 0) is 4.79 Å². The summed E-state index contributed by atoms with van der Waals surface area (Å²) >= 11 is 5.56. The van der Waals surface area contributed by atoms with E-state index in [2.05, 4.69) is 10.3 Å². The fourth-order valence-electron chi connectivity index (χ4n) is 0.673. The molecular weight excluding hydrogens is 180 g/mol. The van der Waals surface area contributed by atoms with E-state index in [0.717, 1.165) is 0 Å². The molecule has 64 valence electrons. The Morgan fingerprint density at radius 1 is 1.67 bits per heavy atom. The highest BCUT2D eigenvalue weighted by atomic mass is 35.5. The van der Waals surface area contributed by atoms with Crippen molar-refractivity contribution < 1.29 is 9.90 Å². The molecule has 0 unspecified atom stereocenters. The van der Waals surface area contributed by atoms with Crippen molar-refractivity contribution in [3.8, 4) is 0 Å². The van der Waals surface area contributed by atoms with Gasteiger partial charge in [0.2, 0.25) is 0 Å². The molecule has 2 N–H and O–H groups in total. The number of hydrogen-bond donors (Lipinski definition) is 2. The number of carboxylic acids is 1. The van der Waals surface area contributed by atoms with Gasteiger partial charge >= 0.3 is 5.97 Å². The quantitative estimate of drug-likeness (QED) is 0.697. The maximum absolute atomic E-state index is 10.1. The van der Waals surface area contributed by atoms with Crippen LogP contribution in [0.25, 0.3) is 0 Å². The molecule has 0 atom stereocenters. The highest BCUT2D eigenvalue weighted by molar-refractivity contribution is 6.29. The van der Waals surface area contributed by atoms with Crippen LogP contribution in [0.2, 0.25) is 5.15 Å². The highest BCUT2D eigenvalue weighted by Gasteiger charge is 1.97. The topological polar surface area (TPSA) is 62.2 Å². The molecule has 4 nitrogen and oxygen atoms in total. The van der Waals surface area contributed by atoms with Crippen molar-refractivity contribution in [2.45, 2.75) is 0 Å². The van der Waals surface area contributed by atoms with Gasteiger partial charge in [-0.2, -0.15) is 0 Å². The second kappa shape index (κ2) is 3.92. The van der Waals surface area contributed by atoms with Crippen LogP contribution < -0.4 is 5.32 Å². The summed E-state index contributed by atoms with van der Waals surface area (Å²) in [5, 5.41) is 11.2. The Balaban J connectivity index is 2.57. The van der Waals surface area contributed by atoms with Gasteiger partial charge < -0.3 is 10.4 Å². The Bertz CT molecular complexity index is 290. The van der Waals surface area contributed by atoms with Crippen LogP contribution in [-0.4, -0.2) is 22.6 Å². The number of carbonyl (C=O) groups is 1. The molecule has 1 rings (SSSR count). The molecule has 0 aliphatic carbocycles. The minimum absolute atomic E-state index is 0.159. The molecule has 5 heteroatoms. The Labute approximate surface area is 74.2 Å². The number of anilines is 1. The van der Waals surface area contributed by atoms with Crippen molar-refractivity contribution in [1.29, 1.82) is 0 Å². The molecule has 0 fully saturated rings. The zero-order valence-corrected chi connectivity index (χ0v) is 6.88. The van der Waals surface area contributed by atoms with Crippen molar-refractivity contribution in [1.82, 2.24) is 4.98 Å². The van der Waals surface area contributed by atoms with Gasteiger partial charge in [0.15, 0.2) is 0 Å². The Morgan fingerprint density at radius 3 is 3.00 bits per heavy atom. The Morgan fingerprint density at radius 2 is 2.42 bits per heavy atom. The van der Waals surface area contributed by atoms with E-state index in [9.17, 15) is 4.79 Å². The van der Waals surface area contributed by atoms with Gasteiger partial charge in [-0.3, -0.25) is 4.79 Å². The van der Waals surface area contributed by atoms with Crippen molar-refractivity contribution in [3.63, 3.8) is 0 Å². The summed E-state index contributed by atoms with van der Waals surface area (Å²) in [7, 11) is 0. The Hall–Kier alpha value is -1.29. The standard InChI is InChI=1S/C7H7ClN2O2/c8-5-2-1-3-6(10-5)9-4-7(11)12/h1-3H,4H2,(H,9,10)(H,11,12). The summed E-state index contributed by atoms with van der Waals surface area (Å²) in [6, 6.07) is 4.96. The lowest BCUT2D eigenvalue weighted by Crippen LogP contribution is -2.12. The molecule has 0 radical (unpaired) electrons. The number of pyridine rings is 1. The second-order valence-corrected chi connectivity index (χ2v) is 2.48. The largest absolute Gasteiger partial charge is 0.480 e. The normalized spacial score (nSPS) is 9.42. The highest BCUT2D eigenvalue weighted by Crippen LogP contribution is 2.08. The molecule has 0 saturated carbocycles. The average Bonchev–Trinajstić information content (AvgIpc) is 2.01. The number of hydrogen-bond acceptors (Lipinski definition) is 3. The van der Waals surface area contributed by atoms with Gasteiger partial charge in [0.05, 0.1) is 0 Å². The summed E-state index contributed by atoms with van der Waals surface area (Å²) < 4.78 is 0. The molecule has 1 aromatic rings.